The number of allylic oxidation sites excluding steroid dienone is 1. The minimum Gasteiger partial charge on any atom is -0.324 e. The summed E-state index contributed by atoms with van der Waals surface area (Å²) in [4.78, 5) is 16.9. The second-order valence-electron chi connectivity index (χ2n) is 4.89. The van der Waals surface area contributed by atoms with Crippen molar-refractivity contribution < 1.29 is 4.79 Å². The van der Waals surface area contributed by atoms with E-state index < -0.39 is 4.75 Å². The zero-order valence-corrected chi connectivity index (χ0v) is 14.3. The minimum absolute atomic E-state index is 0.0359. The number of nitrogens with zero attached hydrogens (tertiary/aromatic N) is 1. The SMILES string of the molecule is Cc1nc2ccc(NC(=O)C3(C)CC=CS3)c(Br)c2s1. The lowest BCUT2D eigenvalue weighted by atomic mass is 10.1. The number of amides is 1. The number of carbonyl (C=O) groups is 1. The maximum absolute atomic E-state index is 12.4. The van der Waals surface area contributed by atoms with Crippen LogP contribution in [0.1, 0.15) is 18.4 Å². The lowest BCUT2D eigenvalue weighted by molar-refractivity contribution is -0.117. The fourth-order valence-corrected chi connectivity index (χ4v) is 4.47. The van der Waals surface area contributed by atoms with Crippen LogP contribution in [0.2, 0.25) is 0 Å². The summed E-state index contributed by atoms with van der Waals surface area (Å²) in [5.74, 6) is 0.0359. The van der Waals surface area contributed by atoms with Gasteiger partial charge in [-0.2, -0.15) is 0 Å². The summed E-state index contributed by atoms with van der Waals surface area (Å²) < 4.78 is 1.58. The standard InChI is InChI=1S/C14H13BrN2OS2/c1-8-16-10-5-4-9(11(15)12(10)20-8)17-13(18)14(2)6-3-7-19-14/h3-5,7H,6H2,1-2H3,(H,17,18). The predicted octanol–water partition coefficient (Wildman–Crippen LogP) is 4.72. The maximum atomic E-state index is 12.4. The summed E-state index contributed by atoms with van der Waals surface area (Å²) in [5.41, 5.74) is 1.76. The Kier molecular flexibility index (Phi) is 3.64. The van der Waals surface area contributed by atoms with Crippen molar-refractivity contribution in [2.75, 3.05) is 5.32 Å². The van der Waals surface area contributed by atoms with Gasteiger partial charge in [0.15, 0.2) is 0 Å². The molecule has 1 aromatic carbocycles. The Morgan fingerprint density at radius 2 is 2.30 bits per heavy atom. The number of nitrogens with one attached hydrogen (secondary N) is 1. The van der Waals surface area contributed by atoms with Gasteiger partial charge >= 0.3 is 0 Å². The maximum Gasteiger partial charge on any atom is 0.241 e. The molecule has 3 rings (SSSR count). The van der Waals surface area contributed by atoms with Crippen LogP contribution in [0.15, 0.2) is 28.1 Å². The van der Waals surface area contributed by atoms with Crippen LogP contribution >= 0.6 is 39.0 Å². The average molecular weight is 369 g/mol. The summed E-state index contributed by atoms with van der Waals surface area (Å²) in [5, 5.41) is 6.04. The number of fused-ring (bicyclic) bond motifs is 1. The highest BCUT2D eigenvalue weighted by molar-refractivity contribution is 9.10. The summed E-state index contributed by atoms with van der Waals surface area (Å²) in [6.07, 6.45) is 2.80. The molecule has 1 aliphatic heterocycles. The van der Waals surface area contributed by atoms with E-state index in [4.69, 9.17) is 0 Å². The third-order valence-corrected chi connectivity index (χ3v) is 6.56. The van der Waals surface area contributed by atoms with E-state index in [0.717, 1.165) is 31.8 Å². The van der Waals surface area contributed by atoms with E-state index in [1.807, 2.05) is 37.5 Å². The summed E-state index contributed by atoms with van der Waals surface area (Å²) >= 11 is 6.78. The van der Waals surface area contributed by atoms with Gasteiger partial charge in [-0.05, 0) is 53.7 Å². The minimum atomic E-state index is -0.405. The second kappa shape index (κ2) is 5.16. The van der Waals surface area contributed by atoms with Crippen LogP contribution in [0.25, 0.3) is 10.2 Å². The van der Waals surface area contributed by atoms with E-state index in [0.29, 0.717) is 0 Å². The van der Waals surface area contributed by atoms with Crippen molar-refractivity contribution in [3.8, 4) is 0 Å². The van der Waals surface area contributed by atoms with Crippen molar-refractivity contribution in [2.24, 2.45) is 0 Å². The normalized spacial score (nSPS) is 21.6. The topological polar surface area (TPSA) is 42.0 Å². The molecule has 0 aliphatic carbocycles. The van der Waals surface area contributed by atoms with Gasteiger partial charge in [0, 0.05) is 0 Å². The number of thiazole rings is 1. The highest BCUT2D eigenvalue weighted by Crippen LogP contribution is 2.39. The number of hydrogen-bond donors (Lipinski definition) is 1. The Bertz CT molecular complexity index is 715. The van der Waals surface area contributed by atoms with Crippen molar-refractivity contribution in [1.29, 1.82) is 0 Å². The lowest BCUT2D eigenvalue weighted by Crippen LogP contribution is -2.34. The fraction of sp³-hybridized carbons (Fsp3) is 0.286. The van der Waals surface area contributed by atoms with Crippen LogP contribution in [-0.4, -0.2) is 15.6 Å². The van der Waals surface area contributed by atoms with E-state index in [1.54, 1.807) is 23.1 Å². The Morgan fingerprint density at radius 1 is 1.50 bits per heavy atom. The Balaban J connectivity index is 1.91. The van der Waals surface area contributed by atoms with Crippen LogP contribution < -0.4 is 5.32 Å². The van der Waals surface area contributed by atoms with Gasteiger partial charge in [0.05, 0.1) is 30.1 Å². The zero-order valence-electron chi connectivity index (χ0n) is 11.1. The molecule has 104 valence electrons. The number of anilines is 1. The van der Waals surface area contributed by atoms with E-state index in [2.05, 4.69) is 26.2 Å². The van der Waals surface area contributed by atoms with Crippen molar-refractivity contribution in [2.45, 2.75) is 25.0 Å². The molecule has 1 atom stereocenters. The lowest BCUT2D eigenvalue weighted by Gasteiger charge is -2.21. The number of aromatic nitrogens is 1. The summed E-state index contributed by atoms with van der Waals surface area (Å²) in [6.45, 7) is 3.95. The van der Waals surface area contributed by atoms with Gasteiger partial charge in [0.1, 0.15) is 0 Å². The highest BCUT2D eigenvalue weighted by atomic mass is 79.9. The molecule has 0 spiro atoms. The van der Waals surface area contributed by atoms with Gasteiger partial charge in [0.25, 0.3) is 0 Å². The molecule has 1 amide bonds. The van der Waals surface area contributed by atoms with E-state index in [1.165, 1.54) is 0 Å². The number of benzene rings is 1. The number of carbonyl (C=O) groups excluding carboxylic acids is 1. The quantitative estimate of drug-likeness (QED) is 0.833. The monoisotopic (exact) mass is 368 g/mol. The van der Waals surface area contributed by atoms with Crippen molar-refractivity contribution in [3.05, 3.63) is 33.1 Å². The molecule has 1 N–H and O–H groups in total. The van der Waals surface area contributed by atoms with Gasteiger partial charge in [-0.3, -0.25) is 4.79 Å². The molecule has 2 heterocycles. The van der Waals surface area contributed by atoms with Gasteiger partial charge in [-0.15, -0.1) is 23.1 Å². The first kappa shape index (κ1) is 14.1. The van der Waals surface area contributed by atoms with Gasteiger partial charge < -0.3 is 5.32 Å². The molecule has 1 aliphatic rings. The molecule has 1 aromatic heterocycles. The summed E-state index contributed by atoms with van der Waals surface area (Å²) in [7, 11) is 0. The van der Waals surface area contributed by atoms with Crippen molar-refractivity contribution in [3.63, 3.8) is 0 Å². The smallest absolute Gasteiger partial charge is 0.241 e. The first-order chi connectivity index (χ1) is 9.49. The molecule has 2 aromatic rings. The van der Waals surface area contributed by atoms with Crippen LogP contribution in [-0.2, 0) is 4.79 Å². The molecule has 0 fully saturated rings. The van der Waals surface area contributed by atoms with Crippen molar-refractivity contribution >= 4 is 60.8 Å². The zero-order chi connectivity index (χ0) is 14.3. The molecule has 0 saturated heterocycles. The molecule has 3 nitrogen and oxygen atoms in total. The van der Waals surface area contributed by atoms with Crippen molar-refractivity contribution in [1.82, 2.24) is 4.98 Å². The van der Waals surface area contributed by atoms with Gasteiger partial charge in [0.2, 0.25) is 5.91 Å². The first-order valence-corrected chi connectivity index (χ1v) is 8.68. The van der Waals surface area contributed by atoms with Gasteiger partial charge in [-0.1, -0.05) is 6.08 Å². The molecule has 20 heavy (non-hydrogen) atoms. The van der Waals surface area contributed by atoms with Crippen LogP contribution in [0, 0.1) is 6.92 Å². The van der Waals surface area contributed by atoms with Crippen LogP contribution in [0.4, 0.5) is 5.69 Å². The molecule has 6 heteroatoms. The average Bonchev–Trinajstić information content (AvgIpc) is 3.00. The molecular formula is C14H13BrN2OS2. The fourth-order valence-electron chi connectivity index (χ4n) is 2.09. The largest absolute Gasteiger partial charge is 0.324 e. The number of aryl methyl sites for hydroxylation is 1. The van der Waals surface area contributed by atoms with Crippen LogP contribution in [0.3, 0.4) is 0 Å². The molecule has 0 saturated carbocycles. The molecular weight excluding hydrogens is 356 g/mol. The third-order valence-electron chi connectivity index (χ3n) is 3.26. The predicted molar refractivity (Wildman–Crippen MR) is 90.4 cm³/mol. The Morgan fingerprint density at radius 3 is 3.00 bits per heavy atom. The van der Waals surface area contributed by atoms with Gasteiger partial charge in [-0.25, -0.2) is 4.98 Å². The van der Waals surface area contributed by atoms with E-state index in [9.17, 15) is 4.79 Å². The Labute approximate surface area is 134 Å². The Hall–Kier alpha value is -0.850. The number of hydrogen-bond acceptors (Lipinski definition) is 4. The molecule has 0 radical (unpaired) electrons. The number of rotatable bonds is 2. The number of thioether (sulfide) groups is 1. The second-order valence-corrected chi connectivity index (χ2v) is 8.29. The first-order valence-electron chi connectivity index (χ1n) is 6.19. The van der Waals surface area contributed by atoms with Crippen LogP contribution in [0.5, 0.6) is 0 Å². The molecule has 1 unspecified atom stereocenters. The molecule has 0 bridgehead atoms. The number of halogens is 1. The highest BCUT2D eigenvalue weighted by Gasteiger charge is 2.35. The van der Waals surface area contributed by atoms with E-state index >= 15 is 0 Å². The van der Waals surface area contributed by atoms with E-state index in [-0.39, 0.29) is 5.91 Å². The summed E-state index contributed by atoms with van der Waals surface area (Å²) in [6, 6.07) is 3.85. The third kappa shape index (κ3) is 2.40.